The lowest BCUT2D eigenvalue weighted by atomic mass is 9.90. The molecule has 2 N–H and O–H groups in total. The summed E-state index contributed by atoms with van der Waals surface area (Å²) in [6.07, 6.45) is 4.28. The first-order valence-electron chi connectivity index (χ1n) is 6.12. The third-order valence-electron chi connectivity index (χ3n) is 3.30. The van der Waals surface area contributed by atoms with Gasteiger partial charge >= 0.3 is 0 Å². The van der Waals surface area contributed by atoms with Crippen molar-refractivity contribution in [1.29, 1.82) is 0 Å². The Kier molecular flexibility index (Phi) is 4.58. The SMILES string of the molecule is CCN(C(=O)C(C)C)C1CCC(N)CC1. The van der Waals surface area contributed by atoms with E-state index >= 15 is 0 Å². The maximum Gasteiger partial charge on any atom is 0.225 e. The first-order chi connectivity index (χ1) is 7.06. The molecular formula is C12H24N2O. The van der Waals surface area contributed by atoms with E-state index in [2.05, 4.69) is 6.92 Å². The van der Waals surface area contributed by atoms with E-state index in [4.69, 9.17) is 5.73 Å². The monoisotopic (exact) mass is 212 g/mol. The third-order valence-corrected chi connectivity index (χ3v) is 3.30. The zero-order valence-corrected chi connectivity index (χ0v) is 10.2. The quantitative estimate of drug-likeness (QED) is 0.775. The van der Waals surface area contributed by atoms with Gasteiger partial charge in [-0.1, -0.05) is 13.8 Å². The Morgan fingerprint density at radius 1 is 1.33 bits per heavy atom. The van der Waals surface area contributed by atoms with Crippen LogP contribution in [0.3, 0.4) is 0 Å². The van der Waals surface area contributed by atoms with Crippen LogP contribution in [0.15, 0.2) is 0 Å². The maximum absolute atomic E-state index is 11.9. The first-order valence-corrected chi connectivity index (χ1v) is 6.12. The molecular weight excluding hydrogens is 188 g/mol. The molecule has 1 rings (SSSR count). The second kappa shape index (κ2) is 5.50. The number of nitrogens with zero attached hydrogens (tertiary/aromatic N) is 1. The summed E-state index contributed by atoms with van der Waals surface area (Å²) in [5.41, 5.74) is 5.87. The summed E-state index contributed by atoms with van der Waals surface area (Å²) in [6.45, 7) is 6.84. The van der Waals surface area contributed by atoms with Gasteiger partial charge in [-0.3, -0.25) is 4.79 Å². The number of hydrogen-bond acceptors (Lipinski definition) is 2. The largest absolute Gasteiger partial charge is 0.340 e. The normalized spacial score (nSPS) is 26.7. The first kappa shape index (κ1) is 12.5. The highest BCUT2D eigenvalue weighted by molar-refractivity contribution is 5.78. The molecule has 0 aromatic carbocycles. The van der Waals surface area contributed by atoms with Gasteiger partial charge in [-0.15, -0.1) is 0 Å². The molecule has 1 amide bonds. The topological polar surface area (TPSA) is 46.3 Å². The summed E-state index contributed by atoms with van der Waals surface area (Å²) in [5, 5.41) is 0. The van der Waals surface area contributed by atoms with Crippen molar-refractivity contribution < 1.29 is 4.79 Å². The minimum Gasteiger partial charge on any atom is -0.340 e. The highest BCUT2D eigenvalue weighted by Crippen LogP contribution is 2.23. The van der Waals surface area contributed by atoms with E-state index in [1.165, 1.54) is 0 Å². The molecule has 0 unspecified atom stereocenters. The minimum absolute atomic E-state index is 0.112. The van der Waals surface area contributed by atoms with Crippen LogP contribution in [-0.2, 0) is 4.79 Å². The molecule has 0 aliphatic heterocycles. The number of hydrogen-bond donors (Lipinski definition) is 1. The molecule has 3 nitrogen and oxygen atoms in total. The lowest BCUT2D eigenvalue weighted by Crippen LogP contribution is -2.45. The third kappa shape index (κ3) is 3.20. The zero-order chi connectivity index (χ0) is 11.4. The number of carbonyl (C=O) groups excluding carboxylic acids is 1. The van der Waals surface area contributed by atoms with E-state index in [-0.39, 0.29) is 11.8 Å². The Hall–Kier alpha value is -0.570. The van der Waals surface area contributed by atoms with Gasteiger partial charge in [-0.05, 0) is 32.6 Å². The molecule has 0 aromatic heterocycles. The van der Waals surface area contributed by atoms with Gasteiger partial charge in [0.2, 0.25) is 5.91 Å². The standard InChI is InChI=1S/C12H24N2O/c1-4-14(12(15)9(2)3)11-7-5-10(13)6-8-11/h9-11H,4-8,13H2,1-3H3. The summed E-state index contributed by atoms with van der Waals surface area (Å²) in [6, 6.07) is 0.791. The van der Waals surface area contributed by atoms with E-state index in [0.29, 0.717) is 12.1 Å². The fraction of sp³-hybridized carbons (Fsp3) is 0.917. The number of amides is 1. The fourth-order valence-corrected chi connectivity index (χ4v) is 2.34. The molecule has 0 radical (unpaired) electrons. The summed E-state index contributed by atoms with van der Waals surface area (Å²) >= 11 is 0. The van der Waals surface area contributed by atoms with Gasteiger partial charge in [0.25, 0.3) is 0 Å². The van der Waals surface area contributed by atoms with Gasteiger partial charge in [0.05, 0.1) is 0 Å². The van der Waals surface area contributed by atoms with Gasteiger partial charge < -0.3 is 10.6 Å². The lowest BCUT2D eigenvalue weighted by Gasteiger charge is -2.36. The van der Waals surface area contributed by atoms with Crippen molar-refractivity contribution >= 4 is 5.91 Å². The number of carbonyl (C=O) groups is 1. The number of rotatable bonds is 3. The van der Waals surface area contributed by atoms with Crippen LogP contribution < -0.4 is 5.73 Å². The van der Waals surface area contributed by atoms with Crippen LogP contribution in [0.25, 0.3) is 0 Å². The summed E-state index contributed by atoms with van der Waals surface area (Å²) in [4.78, 5) is 14.0. The van der Waals surface area contributed by atoms with Gasteiger partial charge in [0, 0.05) is 24.5 Å². The molecule has 1 saturated carbocycles. The van der Waals surface area contributed by atoms with Crippen LogP contribution in [0, 0.1) is 5.92 Å². The van der Waals surface area contributed by atoms with Crippen molar-refractivity contribution in [2.75, 3.05) is 6.54 Å². The molecule has 0 bridgehead atoms. The Labute approximate surface area is 93.0 Å². The molecule has 1 aliphatic carbocycles. The van der Waals surface area contributed by atoms with Crippen molar-refractivity contribution in [3.8, 4) is 0 Å². The van der Waals surface area contributed by atoms with Crippen LogP contribution in [0.4, 0.5) is 0 Å². The second-order valence-corrected chi connectivity index (χ2v) is 4.85. The molecule has 0 heterocycles. The molecule has 88 valence electrons. The van der Waals surface area contributed by atoms with Crippen LogP contribution in [-0.4, -0.2) is 29.4 Å². The lowest BCUT2D eigenvalue weighted by molar-refractivity contribution is -0.137. The summed E-state index contributed by atoms with van der Waals surface area (Å²) in [5.74, 6) is 0.401. The van der Waals surface area contributed by atoms with Gasteiger partial charge in [-0.25, -0.2) is 0 Å². The average molecular weight is 212 g/mol. The Balaban J connectivity index is 2.55. The maximum atomic E-state index is 11.9. The molecule has 1 aliphatic rings. The van der Waals surface area contributed by atoms with Gasteiger partial charge in [0.1, 0.15) is 0 Å². The van der Waals surface area contributed by atoms with Crippen LogP contribution in [0.5, 0.6) is 0 Å². The molecule has 1 fully saturated rings. The van der Waals surface area contributed by atoms with Gasteiger partial charge in [0.15, 0.2) is 0 Å². The van der Waals surface area contributed by atoms with E-state index in [0.717, 1.165) is 32.2 Å². The van der Waals surface area contributed by atoms with Crippen molar-refractivity contribution in [2.24, 2.45) is 11.7 Å². The van der Waals surface area contributed by atoms with Crippen molar-refractivity contribution in [2.45, 2.75) is 58.5 Å². The van der Waals surface area contributed by atoms with Crippen molar-refractivity contribution in [3.63, 3.8) is 0 Å². The van der Waals surface area contributed by atoms with Crippen molar-refractivity contribution in [1.82, 2.24) is 4.90 Å². The Morgan fingerprint density at radius 3 is 2.27 bits per heavy atom. The van der Waals surface area contributed by atoms with E-state index < -0.39 is 0 Å². The summed E-state index contributed by atoms with van der Waals surface area (Å²) in [7, 11) is 0. The summed E-state index contributed by atoms with van der Waals surface area (Å²) < 4.78 is 0. The molecule has 0 saturated heterocycles. The molecule has 3 heteroatoms. The van der Waals surface area contributed by atoms with Crippen molar-refractivity contribution in [3.05, 3.63) is 0 Å². The van der Waals surface area contributed by atoms with E-state index in [1.807, 2.05) is 18.7 Å². The molecule has 15 heavy (non-hydrogen) atoms. The Morgan fingerprint density at radius 2 is 1.87 bits per heavy atom. The Bertz CT molecular complexity index is 208. The van der Waals surface area contributed by atoms with Crippen LogP contribution in [0.2, 0.25) is 0 Å². The van der Waals surface area contributed by atoms with E-state index in [9.17, 15) is 4.79 Å². The smallest absolute Gasteiger partial charge is 0.225 e. The highest BCUT2D eigenvalue weighted by Gasteiger charge is 2.27. The zero-order valence-electron chi connectivity index (χ0n) is 10.2. The van der Waals surface area contributed by atoms with E-state index in [1.54, 1.807) is 0 Å². The molecule has 0 atom stereocenters. The molecule has 0 aromatic rings. The number of nitrogens with two attached hydrogens (primary N) is 1. The highest BCUT2D eigenvalue weighted by atomic mass is 16.2. The predicted molar refractivity (Wildman–Crippen MR) is 62.5 cm³/mol. The predicted octanol–water partition coefficient (Wildman–Crippen LogP) is 1.76. The van der Waals surface area contributed by atoms with Crippen LogP contribution >= 0.6 is 0 Å². The fourth-order valence-electron chi connectivity index (χ4n) is 2.34. The molecule has 0 spiro atoms. The minimum atomic E-state index is 0.112. The average Bonchev–Trinajstić information content (AvgIpc) is 2.21. The van der Waals surface area contributed by atoms with Crippen LogP contribution in [0.1, 0.15) is 46.5 Å². The second-order valence-electron chi connectivity index (χ2n) is 4.85. The van der Waals surface area contributed by atoms with Gasteiger partial charge in [-0.2, -0.15) is 0 Å².